The molecule has 0 aromatic rings. The van der Waals surface area contributed by atoms with Crippen molar-refractivity contribution in [3.63, 3.8) is 0 Å². The Morgan fingerprint density at radius 1 is 1.37 bits per heavy atom. The fourth-order valence-corrected chi connectivity index (χ4v) is 2.34. The predicted molar refractivity (Wildman–Crippen MR) is 75.0 cm³/mol. The maximum atomic E-state index is 11.8. The summed E-state index contributed by atoms with van der Waals surface area (Å²) < 4.78 is 0. The average molecular weight is 270 g/mol. The summed E-state index contributed by atoms with van der Waals surface area (Å²) in [7, 11) is 1.91. The zero-order chi connectivity index (χ0) is 14.1. The van der Waals surface area contributed by atoms with Gasteiger partial charge in [-0.25, -0.2) is 4.79 Å². The van der Waals surface area contributed by atoms with Gasteiger partial charge in [-0.2, -0.15) is 0 Å². The number of unbranched alkanes of at least 4 members (excludes halogenated alkanes) is 1. The zero-order valence-corrected chi connectivity index (χ0v) is 12.0. The van der Waals surface area contributed by atoms with E-state index in [1.165, 1.54) is 0 Å². The number of carbonyl (C=O) groups is 2. The molecule has 3 N–H and O–H groups in total. The highest BCUT2D eigenvalue weighted by Crippen LogP contribution is 2.15. The van der Waals surface area contributed by atoms with E-state index in [2.05, 4.69) is 27.8 Å². The van der Waals surface area contributed by atoms with Gasteiger partial charge < -0.3 is 10.6 Å². The van der Waals surface area contributed by atoms with Crippen LogP contribution in [0.15, 0.2) is 0 Å². The molecule has 110 valence electrons. The number of imide groups is 1. The summed E-state index contributed by atoms with van der Waals surface area (Å²) in [5, 5.41) is 8.19. The van der Waals surface area contributed by atoms with E-state index >= 15 is 0 Å². The van der Waals surface area contributed by atoms with E-state index in [1.807, 2.05) is 7.05 Å². The number of amides is 3. The first-order valence-electron chi connectivity index (χ1n) is 7.13. The van der Waals surface area contributed by atoms with Gasteiger partial charge in [-0.3, -0.25) is 15.0 Å². The first kappa shape index (κ1) is 15.9. The van der Waals surface area contributed by atoms with Crippen molar-refractivity contribution in [2.45, 2.75) is 38.6 Å². The number of carbonyl (C=O) groups excluding carboxylic acids is 2. The van der Waals surface area contributed by atoms with Crippen LogP contribution in [0, 0.1) is 0 Å². The first-order valence-corrected chi connectivity index (χ1v) is 7.13. The number of likely N-dealkylation sites (N-methyl/N-ethyl adjacent to an activating group) is 1. The molecular formula is C13H26N4O2. The molecule has 6 heteroatoms. The van der Waals surface area contributed by atoms with E-state index in [9.17, 15) is 9.59 Å². The molecule has 0 radical (unpaired) electrons. The quantitative estimate of drug-likeness (QED) is 0.582. The van der Waals surface area contributed by atoms with E-state index in [1.54, 1.807) is 0 Å². The molecule has 1 heterocycles. The molecule has 0 spiro atoms. The van der Waals surface area contributed by atoms with Crippen LogP contribution in [0.4, 0.5) is 4.79 Å². The van der Waals surface area contributed by atoms with Crippen LogP contribution in [0.25, 0.3) is 0 Å². The van der Waals surface area contributed by atoms with Crippen molar-refractivity contribution in [2.75, 3.05) is 33.2 Å². The van der Waals surface area contributed by atoms with Crippen LogP contribution in [0.1, 0.15) is 32.6 Å². The summed E-state index contributed by atoms with van der Waals surface area (Å²) in [6.45, 7) is 4.78. The molecule has 1 atom stereocenters. The van der Waals surface area contributed by atoms with E-state index in [-0.39, 0.29) is 11.9 Å². The molecule has 0 aromatic heterocycles. The van der Waals surface area contributed by atoms with Crippen LogP contribution in [-0.2, 0) is 4.79 Å². The van der Waals surface area contributed by atoms with Crippen molar-refractivity contribution in [1.82, 2.24) is 20.9 Å². The van der Waals surface area contributed by atoms with Gasteiger partial charge >= 0.3 is 6.03 Å². The van der Waals surface area contributed by atoms with E-state index in [0.29, 0.717) is 19.1 Å². The van der Waals surface area contributed by atoms with Crippen LogP contribution < -0.4 is 16.0 Å². The van der Waals surface area contributed by atoms with Gasteiger partial charge in [0.1, 0.15) is 0 Å². The highest BCUT2D eigenvalue weighted by molar-refractivity contribution is 5.95. The Morgan fingerprint density at radius 2 is 2.16 bits per heavy atom. The number of rotatable bonds is 7. The smallest absolute Gasteiger partial charge is 0.321 e. The van der Waals surface area contributed by atoms with Gasteiger partial charge in [-0.15, -0.1) is 0 Å². The highest BCUT2D eigenvalue weighted by Gasteiger charge is 2.25. The molecule has 0 bridgehead atoms. The van der Waals surface area contributed by atoms with Crippen LogP contribution in [0.5, 0.6) is 0 Å². The Labute approximate surface area is 115 Å². The molecule has 1 aliphatic heterocycles. The summed E-state index contributed by atoms with van der Waals surface area (Å²) >= 11 is 0. The lowest BCUT2D eigenvalue weighted by Gasteiger charge is -2.23. The minimum absolute atomic E-state index is 0.225. The summed E-state index contributed by atoms with van der Waals surface area (Å²) in [5.41, 5.74) is 0. The second-order valence-corrected chi connectivity index (χ2v) is 4.98. The van der Waals surface area contributed by atoms with Gasteiger partial charge in [0.25, 0.3) is 0 Å². The summed E-state index contributed by atoms with van der Waals surface area (Å²) in [4.78, 5) is 25.3. The molecular weight excluding hydrogens is 244 g/mol. The number of hydrogen-bond donors (Lipinski definition) is 3. The third-order valence-corrected chi connectivity index (χ3v) is 3.35. The molecule has 6 nitrogen and oxygen atoms in total. The molecule has 3 amide bonds. The average Bonchev–Trinajstić information content (AvgIpc) is 2.77. The second kappa shape index (κ2) is 8.87. The summed E-state index contributed by atoms with van der Waals surface area (Å²) in [5.74, 6) is -0.225. The SMILES string of the molecule is CCCCNC(=O)NC(=O)CN1CCCC1CNC. The Bertz CT molecular complexity index is 296. The van der Waals surface area contributed by atoms with Crippen molar-refractivity contribution in [2.24, 2.45) is 0 Å². The molecule has 1 unspecified atom stereocenters. The first-order chi connectivity index (χ1) is 9.17. The lowest BCUT2D eigenvalue weighted by atomic mass is 10.2. The van der Waals surface area contributed by atoms with Crippen molar-refractivity contribution >= 4 is 11.9 Å². The van der Waals surface area contributed by atoms with Crippen molar-refractivity contribution in [3.8, 4) is 0 Å². The lowest BCUT2D eigenvalue weighted by Crippen LogP contribution is -2.47. The molecule has 1 aliphatic rings. The second-order valence-electron chi connectivity index (χ2n) is 4.98. The third-order valence-electron chi connectivity index (χ3n) is 3.35. The minimum Gasteiger partial charge on any atom is -0.338 e. The third kappa shape index (κ3) is 6.02. The topological polar surface area (TPSA) is 73.5 Å². The van der Waals surface area contributed by atoms with E-state index < -0.39 is 0 Å². The number of urea groups is 1. The Hall–Kier alpha value is -1.14. The Balaban J connectivity index is 2.24. The summed E-state index contributed by atoms with van der Waals surface area (Å²) in [6, 6.07) is 0.0155. The van der Waals surface area contributed by atoms with Gasteiger partial charge in [-0.1, -0.05) is 13.3 Å². The molecule has 1 rings (SSSR count). The number of hydrogen-bond acceptors (Lipinski definition) is 4. The number of likely N-dealkylation sites (tertiary alicyclic amines) is 1. The molecule has 19 heavy (non-hydrogen) atoms. The van der Waals surface area contributed by atoms with Gasteiger partial charge in [0.15, 0.2) is 0 Å². The molecule has 0 aliphatic carbocycles. The van der Waals surface area contributed by atoms with Crippen molar-refractivity contribution in [3.05, 3.63) is 0 Å². The lowest BCUT2D eigenvalue weighted by molar-refractivity contribution is -0.121. The van der Waals surface area contributed by atoms with Gasteiger partial charge in [0.2, 0.25) is 5.91 Å². The fourth-order valence-electron chi connectivity index (χ4n) is 2.34. The van der Waals surface area contributed by atoms with Crippen molar-refractivity contribution in [1.29, 1.82) is 0 Å². The molecule has 1 fully saturated rings. The predicted octanol–water partition coefficient (Wildman–Crippen LogP) is 0.296. The van der Waals surface area contributed by atoms with Gasteiger partial charge in [-0.05, 0) is 32.9 Å². The minimum atomic E-state index is -0.386. The van der Waals surface area contributed by atoms with E-state index in [4.69, 9.17) is 0 Å². The van der Waals surface area contributed by atoms with E-state index in [0.717, 1.165) is 38.8 Å². The van der Waals surface area contributed by atoms with Gasteiger partial charge in [0, 0.05) is 19.1 Å². The summed E-state index contributed by atoms with van der Waals surface area (Å²) in [6.07, 6.45) is 4.17. The fraction of sp³-hybridized carbons (Fsp3) is 0.846. The maximum absolute atomic E-state index is 11.8. The number of nitrogens with one attached hydrogen (secondary N) is 3. The van der Waals surface area contributed by atoms with Crippen LogP contribution >= 0.6 is 0 Å². The zero-order valence-electron chi connectivity index (χ0n) is 12.0. The maximum Gasteiger partial charge on any atom is 0.321 e. The highest BCUT2D eigenvalue weighted by atomic mass is 16.2. The largest absolute Gasteiger partial charge is 0.338 e. The molecule has 1 saturated heterocycles. The number of nitrogens with zero attached hydrogens (tertiary/aromatic N) is 1. The van der Waals surface area contributed by atoms with Crippen LogP contribution in [-0.4, -0.2) is 56.1 Å². The molecule has 0 aromatic carbocycles. The normalized spacial score (nSPS) is 19.4. The monoisotopic (exact) mass is 270 g/mol. The Morgan fingerprint density at radius 3 is 2.84 bits per heavy atom. The van der Waals surface area contributed by atoms with Crippen molar-refractivity contribution < 1.29 is 9.59 Å². The standard InChI is InChI=1S/C13H26N4O2/c1-3-4-7-15-13(19)16-12(18)10-17-8-5-6-11(17)9-14-2/h11,14H,3-10H2,1-2H3,(H2,15,16,18,19). The van der Waals surface area contributed by atoms with Crippen LogP contribution in [0.3, 0.4) is 0 Å². The van der Waals surface area contributed by atoms with Crippen LogP contribution in [0.2, 0.25) is 0 Å². The van der Waals surface area contributed by atoms with Gasteiger partial charge in [0.05, 0.1) is 6.54 Å². The molecule has 0 saturated carbocycles. The Kier molecular flexibility index (Phi) is 7.43.